The number of carbonyl (C=O) groups excluding carboxylic acids is 3. The first-order valence-electron chi connectivity index (χ1n) is 12.7. The van der Waals surface area contributed by atoms with Crippen LogP contribution in [-0.2, 0) is 23.9 Å². The van der Waals surface area contributed by atoms with Gasteiger partial charge < -0.3 is 24.4 Å². The topological polar surface area (TPSA) is 96.4 Å². The Morgan fingerprint density at radius 1 is 1.18 bits per heavy atom. The van der Waals surface area contributed by atoms with E-state index >= 15 is 0 Å². The normalized spacial score (nSPS) is 35.6. The molecule has 4 aliphatic heterocycles. The molecule has 8 nitrogen and oxygen atoms in total. The summed E-state index contributed by atoms with van der Waals surface area (Å²) < 4.78 is 12.0. The van der Waals surface area contributed by atoms with Gasteiger partial charge in [0.15, 0.2) is 0 Å². The van der Waals surface area contributed by atoms with E-state index in [1.807, 2.05) is 50.0 Å². The highest BCUT2D eigenvalue weighted by atomic mass is 16.6. The summed E-state index contributed by atoms with van der Waals surface area (Å²) in [7, 11) is 0. The van der Waals surface area contributed by atoms with Crippen molar-refractivity contribution in [3.8, 4) is 0 Å². The summed E-state index contributed by atoms with van der Waals surface area (Å²) in [4.78, 5) is 44.8. The van der Waals surface area contributed by atoms with Crippen molar-refractivity contribution in [2.24, 2.45) is 17.8 Å². The van der Waals surface area contributed by atoms with Crippen LogP contribution in [0.25, 0.3) is 0 Å². The van der Waals surface area contributed by atoms with Crippen LogP contribution in [-0.4, -0.2) is 82.3 Å². The minimum atomic E-state index is -1.28. The molecule has 4 rings (SSSR count). The van der Waals surface area contributed by atoms with Gasteiger partial charge >= 0.3 is 5.97 Å². The lowest BCUT2D eigenvalue weighted by Gasteiger charge is -2.41. The molecule has 0 aromatic heterocycles. The van der Waals surface area contributed by atoms with Crippen molar-refractivity contribution in [3.05, 3.63) is 24.3 Å². The molecule has 1 spiro atoms. The molecule has 8 atom stereocenters. The van der Waals surface area contributed by atoms with Gasteiger partial charge in [-0.25, -0.2) is 0 Å². The maximum atomic E-state index is 14.2. The van der Waals surface area contributed by atoms with Crippen LogP contribution in [0.3, 0.4) is 0 Å². The molecule has 2 saturated heterocycles. The number of rotatable bonds is 7. The zero-order valence-corrected chi connectivity index (χ0v) is 20.7. The number of aliphatic hydroxyl groups excluding tert-OH is 1. The van der Waals surface area contributed by atoms with Gasteiger partial charge in [0.05, 0.1) is 31.3 Å². The summed E-state index contributed by atoms with van der Waals surface area (Å²) in [6.07, 6.45) is 9.94. The number of ether oxygens (including phenoxy) is 2. The zero-order chi connectivity index (χ0) is 24.6. The molecule has 0 aliphatic carbocycles. The monoisotopic (exact) mass is 474 g/mol. The SMILES string of the molecule is CCCC(C)N1CC=C[C@]23O[C@@H]4C=CCCOC(=O)[C@@H]4[C@H]2C(=O)N([C@@H](CO)[C@@H](C)CC)C3C1=O. The van der Waals surface area contributed by atoms with Gasteiger partial charge in [-0.1, -0.05) is 57.9 Å². The number of amides is 2. The van der Waals surface area contributed by atoms with E-state index in [9.17, 15) is 19.5 Å². The van der Waals surface area contributed by atoms with Crippen LogP contribution in [0.5, 0.6) is 0 Å². The molecule has 4 heterocycles. The van der Waals surface area contributed by atoms with Crippen molar-refractivity contribution in [2.45, 2.75) is 83.2 Å². The molecule has 8 heteroatoms. The van der Waals surface area contributed by atoms with Crippen molar-refractivity contribution < 1.29 is 29.0 Å². The highest BCUT2D eigenvalue weighted by Gasteiger charge is 2.72. The van der Waals surface area contributed by atoms with Crippen LogP contribution in [0.2, 0.25) is 0 Å². The zero-order valence-electron chi connectivity index (χ0n) is 20.7. The molecule has 0 aromatic rings. The Morgan fingerprint density at radius 3 is 2.62 bits per heavy atom. The lowest BCUT2D eigenvalue weighted by Crippen LogP contribution is -2.60. The number of likely N-dealkylation sites (tertiary alicyclic amines) is 1. The van der Waals surface area contributed by atoms with E-state index in [2.05, 4.69) is 6.92 Å². The molecule has 188 valence electrons. The number of hydrogen-bond acceptors (Lipinski definition) is 6. The summed E-state index contributed by atoms with van der Waals surface area (Å²) in [5.74, 6) is -2.70. The van der Waals surface area contributed by atoms with Gasteiger partial charge in [-0.3, -0.25) is 14.4 Å². The number of esters is 1. The molecule has 2 unspecified atom stereocenters. The second-order valence-electron chi connectivity index (χ2n) is 10.1. The minimum absolute atomic E-state index is 0.00980. The number of aliphatic hydroxyl groups is 1. The second-order valence-corrected chi connectivity index (χ2v) is 10.1. The Hall–Kier alpha value is -2.19. The standard InChI is InChI=1S/C26H38N2O6/c1-5-10-17(4)27-13-9-12-26-21(20-19(34-26)11-7-8-14-33-25(20)32)23(30)28(22(26)24(27)31)18(15-29)16(3)6-2/h7,9,11-12,16-22,29H,5-6,8,10,13-15H2,1-4H3/t16-,17?,18-,19+,20-,21-,22?,26-/m0/s1. The van der Waals surface area contributed by atoms with Gasteiger partial charge in [0.2, 0.25) is 11.8 Å². The summed E-state index contributed by atoms with van der Waals surface area (Å²) in [5, 5.41) is 10.4. The largest absolute Gasteiger partial charge is 0.465 e. The average Bonchev–Trinajstić information content (AvgIpc) is 3.18. The fourth-order valence-corrected chi connectivity index (χ4v) is 6.21. The highest BCUT2D eigenvalue weighted by Crippen LogP contribution is 2.54. The molecule has 1 N–H and O–H groups in total. The van der Waals surface area contributed by atoms with Crippen LogP contribution in [0.4, 0.5) is 0 Å². The second kappa shape index (κ2) is 9.82. The van der Waals surface area contributed by atoms with Crippen molar-refractivity contribution in [1.29, 1.82) is 0 Å². The number of nitrogens with zero attached hydrogens (tertiary/aromatic N) is 2. The molecule has 34 heavy (non-hydrogen) atoms. The van der Waals surface area contributed by atoms with Crippen LogP contribution in [0.1, 0.15) is 53.4 Å². The van der Waals surface area contributed by atoms with Crippen LogP contribution in [0.15, 0.2) is 24.3 Å². The summed E-state index contributed by atoms with van der Waals surface area (Å²) >= 11 is 0. The Balaban J connectivity index is 1.86. The third-order valence-corrected chi connectivity index (χ3v) is 8.17. The number of fused-ring (bicyclic) bond motifs is 2. The van der Waals surface area contributed by atoms with Gasteiger partial charge in [0.1, 0.15) is 17.6 Å². The van der Waals surface area contributed by atoms with E-state index in [-0.39, 0.29) is 37.0 Å². The van der Waals surface area contributed by atoms with E-state index in [4.69, 9.17) is 9.47 Å². The predicted molar refractivity (Wildman–Crippen MR) is 125 cm³/mol. The van der Waals surface area contributed by atoms with E-state index in [0.29, 0.717) is 13.0 Å². The number of cyclic esters (lactones) is 1. The Labute approximate surface area is 201 Å². The molecular weight excluding hydrogens is 436 g/mol. The third-order valence-electron chi connectivity index (χ3n) is 8.17. The Bertz CT molecular complexity index is 871. The van der Waals surface area contributed by atoms with Crippen molar-refractivity contribution in [3.63, 3.8) is 0 Å². The molecule has 2 fully saturated rings. The van der Waals surface area contributed by atoms with Crippen LogP contribution >= 0.6 is 0 Å². The average molecular weight is 475 g/mol. The molecule has 0 radical (unpaired) electrons. The molecule has 4 aliphatic rings. The molecule has 2 amide bonds. The summed E-state index contributed by atoms with van der Waals surface area (Å²) in [6.45, 7) is 8.48. The minimum Gasteiger partial charge on any atom is -0.465 e. The lowest BCUT2D eigenvalue weighted by atomic mass is 9.77. The quantitative estimate of drug-likeness (QED) is 0.448. The Morgan fingerprint density at radius 2 is 1.94 bits per heavy atom. The van der Waals surface area contributed by atoms with Gasteiger partial charge in [-0.05, 0) is 25.7 Å². The smallest absolute Gasteiger partial charge is 0.312 e. The van der Waals surface area contributed by atoms with Crippen molar-refractivity contribution in [1.82, 2.24) is 9.80 Å². The third kappa shape index (κ3) is 3.79. The number of carbonyl (C=O) groups is 3. The summed E-state index contributed by atoms with van der Waals surface area (Å²) in [6, 6.07) is -1.50. The van der Waals surface area contributed by atoms with Crippen LogP contribution < -0.4 is 0 Å². The first-order valence-corrected chi connectivity index (χ1v) is 12.7. The van der Waals surface area contributed by atoms with E-state index < -0.39 is 41.6 Å². The maximum Gasteiger partial charge on any atom is 0.312 e. The maximum absolute atomic E-state index is 14.2. The van der Waals surface area contributed by atoms with Gasteiger partial charge in [-0.2, -0.15) is 0 Å². The van der Waals surface area contributed by atoms with Gasteiger partial charge in [-0.15, -0.1) is 0 Å². The summed E-state index contributed by atoms with van der Waals surface area (Å²) in [5.41, 5.74) is -1.28. The van der Waals surface area contributed by atoms with Crippen LogP contribution in [0, 0.1) is 17.8 Å². The van der Waals surface area contributed by atoms with Gasteiger partial charge in [0, 0.05) is 12.6 Å². The molecular formula is C26H38N2O6. The van der Waals surface area contributed by atoms with Crippen molar-refractivity contribution in [2.75, 3.05) is 19.8 Å². The molecule has 0 saturated carbocycles. The fraction of sp³-hybridized carbons (Fsp3) is 0.731. The first kappa shape index (κ1) is 24.9. The van der Waals surface area contributed by atoms with E-state index in [1.165, 1.54) is 0 Å². The first-order chi connectivity index (χ1) is 16.3. The van der Waals surface area contributed by atoms with Gasteiger partial charge in [0.25, 0.3) is 0 Å². The number of hydrogen-bond donors (Lipinski definition) is 1. The fourth-order valence-electron chi connectivity index (χ4n) is 6.21. The van der Waals surface area contributed by atoms with E-state index in [0.717, 1.165) is 19.3 Å². The Kier molecular flexibility index (Phi) is 7.20. The predicted octanol–water partition coefficient (Wildman–Crippen LogP) is 2.06. The molecule has 0 bridgehead atoms. The van der Waals surface area contributed by atoms with E-state index in [1.54, 1.807) is 4.90 Å². The molecule has 0 aromatic carbocycles. The lowest BCUT2D eigenvalue weighted by molar-refractivity contribution is -0.157. The van der Waals surface area contributed by atoms with Crippen molar-refractivity contribution >= 4 is 17.8 Å². The highest BCUT2D eigenvalue weighted by molar-refractivity contribution is 5.99.